The van der Waals surface area contributed by atoms with Crippen LogP contribution in [0.1, 0.15) is 45.9 Å². The summed E-state index contributed by atoms with van der Waals surface area (Å²) in [7, 11) is 0. The van der Waals surface area contributed by atoms with Crippen LogP contribution in [0, 0.1) is 11.3 Å². The first-order valence-electron chi connectivity index (χ1n) is 13.3. The van der Waals surface area contributed by atoms with E-state index >= 15 is 0 Å². The zero-order valence-corrected chi connectivity index (χ0v) is 22.2. The number of hydrogen-bond acceptors (Lipinski definition) is 4. The van der Waals surface area contributed by atoms with Gasteiger partial charge < -0.3 is 14.9 Å². The van der Waals surface area contributed by atoms with Crippen LogP contribution >= 0.6 is 0 Å². The Morgan fingerprint density at radius 1 is 0.925 bits per heavy atom. The second-order valence-corrected chi connectivity index (χ2v) is 10.2. The summed E-state index contributed by atoms with van der Waals surface area (Å²) in [6.45, 7) is 3.09. The lowest BCUT2D eigenvalue weighted by Gasteiger charge is -2.31. The SMILES string of the molecule is C[C@H](c1cccc2ccccc12)N(C[C@H]1CN(C(=O)c2ccc(C(=N)NO)cc2)C[C@@H]1c1ccccc1)C(=O)O. The Morgan fingerprint density at radius 3 is 2.27 bits per heavy atom. The van der Waals surface area contributed by atoms with E-state index in [1.807, 2.05) is 85.2 Å². The van der Waals surface area contributed by atoms with Gasteiger partial charge in [0.1, 0.15) is 5.84 Å². The van der Waals surface area contributed by atoms with Gasteiger partial charge in [-0.05, 0) is 41.0 Å². The molecule has 0 unspecified atom stereocenters. The van der Waals surface area contributed by atoms with Crippen molar-refractivity contribution in [2.45, 2.75) is 18.9 Å². The minimum Gasteiger partial charge on any atom is -0.465 e. The van der Waals surface area contributed by atoms with Gasteiger partial charge in [0.05, 0.1) is 6.04 Å². The highest BCUT2D eigenvalue weighted by molar-refractivity contribution is 5.98. The van der Waals surface area contributed by atoms with Crippen molar-refractivity contribution in [3.8, 4) is 0 Å². The number of rotatable bonds is 7. The summed E-state index contributed by atoms with van der Waals surface area (Å²) in [5.41, 5.74) is 4.76. The maximum atomic E-state index is 13.5. The van der Waals surface area contributed by atoms with Crippen LogP contribution in [0.5, 0.6) is 0 Å². The highest BCUT2D eigenvalue weighted by Gasteiger charge is 2.39. The average molecular weight is 537 g/mol. The van der Waals surface area contributed by atoms with E-state index in [1.54, 1.807) is 29.2 Å². The first-order chi connectivity index (χ1) is 19.4. The summed E-state index contributed by atoms with van der Waals surface area (Å²) in [5.74, 6) is -0.440. The van der Waals surface area contributed by atoms with Gasteiger partial charge in [-0.1, -0.05) is 84.9 Å². The summed E-state index contributed by atoms with van der Waals surface area (Å²) >= 11 is 0. The van der Waals surface area contributed by atoms with E-state index in [-0.39, 0.29) is 36.2 Å². The van der Waals surface area contributed by atoms with Gasteiger partial charge in [0.25, 0.3) is 5.91 Å². The first-order valence-corrected chi connectivity index (χ1v) is 13.3. The highest BCUT2D eigenvalue weighted by atomic mass is 16.5. The van der Waals surface area contributed by atoms with Gasteiger partial charge in [0.15, 0.2) is 0 Å². The number of amidine groups is 1. The van der Waals surface area contributed by atoms with Crippen molar-refractivity contribution in [2.24, 2.45) is 5.92 Å². The molecule has 1 saturated heterocycles. The molecule has 4 N–H and O–H groups in total. The number of nitrogens with one attached hydrogen (secondary N) is 2. The van der Waals surface area contributed by atoms with Gasteiger partial charge in [-0.15, -0.1) is 0 Å². The summed E-state index contributed by atoms with van der Waals surface area (Å²) in [5, 5.41) is 29.1. The van der Waals surface area contributed by atoms with E-state index < -0.39 is 6.09 Å². The van der Waals surface area contributed by atoms with E-state index in [1.165, 1.54) is 4.90 Å². The Balaban J connectivity index is 1.42. The minimum atomic E-state index is -0.993. The zero-order chi connectivity index (χ0) is 28.2. The molecule has 5 rings (SSSR count). The number of fused-ring (bicyclic) bond motifs is 1. The Kier molecular flexibility index (Phi) is 7.79. The third-order valence-electron chi connectivity index (χ3n) is 7.91. The lowest BCUT2D eigenvalue weighted by Crippen LogP contribution is -2.38. The topological polar surface area (TPSA) is 117 Å². The van der Waals surface area contributed by atoms with E-state index in [2.05, 4.69) is 0 Å². The smallest absolute Gasteiger partial charge is 0.407 e. The molecular formula is C32H32N4O4. The number of hydrogen-bond donors (Lipinski definition) is 4. The Morgan fingerprint density at radius 2 is 1.57 bits per heavy atom. The molecular weight excluding hydrogens is 504 g/mol. The van der Waals surface area contributed by atoms with Gasteiger partial charge in [-0.25, -0.2) is 4.79 Å². The lowest BCUT2D eigenvalue weighted by molar-refractivity contribution is 0.0780. The van der Waals surface area contributed by atoms with Gasteiger partial charge in [-0.2, -0.15) is 0 Å². The van der Waals surface area contributed by atoms with Gasteiger partial charge >= 0.3 is 6.09 Å². The van der Waals surface area contributed by atoms with Gasteiger partial charge in [0, 0.05) is 42.6 Å². The maximum absolute atomic E-state index is 13.5. The molecule has 4 aromatic carbocycles. The number of carboxylic acid groups (broad SMARTS) is 1. The molecule has 8 nitrogen and oxygen atoms in total. The number of carbonyl (C=O) groups excluding carboxylic acids is 1. The fraction of sp³-hybridized carbons (Fsp3) is 0.219. The Bertz CT molecular complexity index is 1520. The number of carbonyl (C=O) groups is 2. The zero-order valence-electron chi connectivity index (χ0n) is 22.2. The van der Waals surface area contributed by atoms with Crippen molar-refractivity contribution in [3.63, 3.8) is 0 Å². The molecule has 3 atom stereocenters. The summed E-state index contributed by atoms with van der Waals surface area (Å²) in [6, 6.07) is 30.0. The van der Waals surface area contributed by atoms with E-state index in [4.69, 9.17) is 10.6 Å². The van der Waals surface area contributed by atoms with Crippen LogP contribution in [0.15, 0.2) is 97.1 Å². The number of likely N-dealkylation sites (tertiary alicyclic amines) is 1. The fourth-order valence-electron chi connectivity index (χ4n) is 5.76. The molecule has 0 aromatic heterocycles. The Labute approximate surface area is 232 Å². The summed E-state index contributed by atoms with van der Waals surface area (Å²) in [4.78, 5) is 29.4. The van der Waals surface area contributed by atoms with Crippen LogP contribution in [0.25, 0.3) is 10.8 Å². The molecule has 4 aromatic rings. The number of hydroxylamine groups is 1. The number of nitrogens with zero attached hydrogens (tertiary/aromatic N) is 2. The van der Waals surface area contributed by atoms with Crippen LogP contribution in [0.2, 0.25) is 0 Å². The van der Waals surface area contributed by atoms with Crippen molar-refractivity contribution in [3.05, 3.63) is 119 Å². The van der Waals surface area contributed by atoms with E-state index in [0.717, 1.165) is 21.9 Å². The molecule has 204 valence electrons. The fourth-order valence-corrected chi connectivity index (χ4v) is 5.76. The van der Waals surface area contributed by atoms with Crippen molar-refractivity contribution in [1.82, 2.24) is 15.3 Å². The molecule has 1 aliphatic rings. The normalized spacial score (nSPS) is 17.4. The van der Waals surface area contributed by atoms with Crippen LogP contribution in [0.4, 0.5) is 4.79 Å². The second kappa shape index (κ2) is 11.6. The third-order valence-corrected chi connectivity index (χ3v) is 7.91. The van der Waals surface area contributed by atoms with E-state index in [0.29, 0.717) is 24.2 Å². The average Bonchev–Trinajstić information content (AvgIpc) is 3.42. The standard InChI is InChI=1S/C32H32N4O4/c1-21(27-13-7-11-22-10-5-6-12-28(22)27)36(32(38)39)19-26-18-35(20-29(26)23-8-3-2-4-9-23)31(37)25-16-14-24(15-17-25)30(33)34-40/h2-17,21,26,29,40H,18-20H2,1H3,(H2,33,34)(H,38,39)/t21-,26-,29-/m1/s1. The predicted molar refractivity (Wildman–Crippen MR) is 154 cm³/mol. The highest BCUT2D eigenvalue weighted by Crippen LogP contribution is 2.36. The molecule has 2 amide bonds. The van der Waals surface area contributed by atoms with E-state index in [9.17, 15) is 14.7 Å². The lowest BCUT2D eigenvalue weighted by atomic mass is 9.88. The third kappa shape index (κ3) is 5.39. The second-order valence-electron chi connectivity index (χ2n) is 10.2. The largest absolute Gasteiger partial charge is 0.465 e. The predicted octanol–water partition coefficient (Wildman–Crippen LogP) is 5.74. The molecule has 40 heavy (non-hydrogen) atoms. The van der Waals surface area contributed by atoms with Gasteiger partial charge in [-0.3, -0.25) is 20.9 Å². The molecule has 0 radical (unpaired) electrons. The van der Waals surface area contributed by atoms with Crippen LogP contribution in [-0.4, -0.2) is 57.6 Å². The van der Waals surface area contributed by atoms with Crippen molar-refractivity contribution < 1.29 is 19.9 Å². The molecule has 8 heteroatoms. The van der Waals surface area contributed by atoms with Crippen LogP contribution in [0.3, 0.4) is 0 Å². The van der Waals surface area contributed by atoms with Crippen molar-refractivity contribution in [1.29, 1.82) is 5.41 Å². The molecule has 1 fully saturated rings. The maximum Gasteiger partial charge on any atom is 0.407 e. The molecule has 1 aliphatic heterocycles. The molecule has 0 spiro atoms. The molecule has 0 bridgehead atoms. The van der Waals surface area contributed by atoms with Crippen molar-refractivity contribution >= 4 is 28.6 Å². The van der Waals surface area contributed by atoms with Crippen molar-refractivity contribution in [2.75, 3.05) is 19.6 Å². The minimum absolute atomic E-state index is 0.0299. The first kappa shape index (κ1) is 26.9. The Hall–Kier alpha value is -4.69. The monoisotopic (exact) mass is 536 g/mol. The quantitative estimate of drug-likeness (QED) is 0.137. The molecule has 1 heterocycles. The number of amides is 2. The summed E-state index contributed by atoms with van der Waals surface area (Å²) in [6.07, 6.45) is -0.993. The number of benzene rings is 4. The summed E-state index contributed by atoms with van der Waals surface area (Å²) < 4.78 is 0. The van der Waals surface area contributed by atoms with Crippen LogP contribution in [-0.2, 0) is 0 Å². The van der Waals surface area contributed by atoms with Gasteiger partial charge in [0.2, 0.25) is 0 Å². The molecule has 0 saturated carbocycles. The molecule has 0 aliphatic carbocycles. The van der Waals surface area contributed by atoms with Crippen LogP contribution < -0.4 is 5.48 Å².